The van der Waals surface area contributed by atoms with Gasteiger partial charge in [-0.25, -0.2) is 0 Å². The third-order valence-electron chi connectivity index (χ3n) is 2.23. The van der Waals surface area contributed by atoms with Crippen molar-refractivity contribution >= 4 is 5.78 Å². The number of rotatable bonds is 7. The van der Waals surface area contributed by atoms with Crippen molar-refractivity contribution in [1.82, 2.24) is 0 Å². The van der Waals surface area contributed by atoms with E-state index < -0.39 is 0 Å². The second-order valence-corrected chi connectivity index (χ2v) is 3.53. The summed E-state index contributed by atoms with van der Waals surface area (Å²) < 4.78 is 0. The summed E-state index contributed by atoms with van der Waals surface area (Å²) in [4.78, 5) is 10.8. The van der Waals surface area contributed by atoms with Gasteiger partial charge in [-0.2, -0.15) is 0 Å². The maximum absolute atomic E-state index is 10.8. The minimum Gasteiger partial charge on any atom is -0.300 e. The van der Waals surface area contributed by atoms with Gasteiger partial charge in [0.15, 0.2) is 0 Å². The topological polar surface area (TPSA) is 17.1 Å². The lowest BCUT2D eigenvalue weighted by Gasteiger charge is -2.05. The summed E-state index contributed by atoms with van der Waals surface area (Å²) >= 11 is 0. The summed E-state index contributed by atoms with van der Waals surface area (Å²) in [5.74, 6) is 0.536. The van der Waals surface area contributed by atoms with E-state index in [2.05, 4.69) is 13.3 Å². The summed E-state index contributed by atoms with van der Waals surface area (Å²) in [5, 5.41) is 0. The Morgan fingerprint density at radius 1 is 1.42 bits per heavy atom. The molecule has 0 aromatic heterocycles. The number of Topliss-reactive ketones (excluding diaryl/α,β-unsaturated/α-hetero) is 1. The van der Waals surface area contributed by atoms with Crippen molar-refractivity contribution in [3.8, 4) is 0 Å². The van der Waals surface area contributed by atoms with E-state index >= 15 is 0 Å². The maximum Gasteiger partial charge on any atom is 0.132 e. The van der Waals surface area contributed by atoms with Crippen LogP contribution in [0.1, 0.15) is 52.9 Å². The monoisotopic (exact) mass is 169 g/mol. The molecule has 1 heteroatoms. The van der Waals surface area contributed by atoms with E-state index in [1.807, 2.05) is 6.92 Å². The predicted molar refractivity (Wildman–Crippen MR) is 52.9 cm³/mol. The smallest absolute Gasteiger partial charge is 0.132 e. The van der Waals surface area contributed by atoms with Crippen LogP contribution in [0.5, 0.6) is 0 Å². The van der Waals surface area contributed by atoms with Crippen LogP contribution in [0.15, 0.2) is 0 Å². The van der Waals surface area contributed by atoms with Gasteiger partial charge in [-0.05, 0) is 19.8 Å². The first kappa shape index (κ1) is 11.7. The quantitative estimate of drug-likeness (QED) is 0.534. The highest BCUT2D eigenvalue weighted by Gasteiger charge is 2.05. The molecule has 0 saturated heterocycles. The van der Waals surface area contributed by atoms with Crippen LogP contribution in [0.4, 0.5) is 0 Å². The van der Waals surface area contributed by atoms with Crippen molar-refractivity contribution < 1.29 is 4.79 Å². The molecule has 1 nitrogen and oxygen atoms in total. The van der Waals surface area contributed by atoms with Crippen LogP contribution in [-0.2, 0) is 4.79 Å². The molecule has 0 N–H and O–H groups in total. The lowest BCUT2D eigenvalue weighted by atomic mass is 9.99. The zero-order valence-electron chi connectivity index (χ0n) is 8.60. The zero-order chi connectivity index (χ0) is 9.40. The van der Waals surface area contributed by atoms with Crippen molar-refractivity contribution in [2.24, 2.45) is 5.92 Å². The van der Waals surface area contributed by atoms with Crippen molar-refractivity contribution in [2.75, 3.05) is 0 Å². The molecule has 1 atom stereocenters. The minimum absolute atomic E-state index is 0.228. The Balaban J connectivity index is 3.14. The normalized spacial score (nSPS) is 12.9. The summed E-state index contributed by atoms with van der Waals surface area (Å²) in [7, 11) is 0. The number of hydrogen-bond donors (Lipinski definition) is 0. The average Bonchev–Trinajstić information content (AvgIpc) is 2.03. The third kappa shape index (κ3) is 6.38. The molecule has 0 spiro atoms. The molecule has 1 unspecified atom stereocenters. The number of carbonyl (C=O) groups excluding carboxylic acids is 1. The van der Waals surface area contributed by atoms with Crippen molar-refractivity contribution in [3.05, 3.63) is 6.42 Å². The molecule has 0 aromatic carbocycles. The van der Waals surface area contributed by atoms with E-state index in [1.54, 1.807) is 6.92 Å². The first-order valence-electron chi connectivity index (χ1n) is 5.00. The van der Waals surface area contributed by atoms with Gasteiger partial charge < -0.3 is 0 Å². The van der Waals surface area contributed by atoms with Crippen molar-refractivity contribution in [3.63, 3.8) is 0 Å². The molecular weight excluding hydrogens is 148 g/mol. The highest BCUT2D eigenvalue weighted by atomic mass is 16.1. The number of hydrogen-bond acceptors (Lipinski definition) is 1. The van der Waals surface area contributed by atoms with Gasteiger partial charge in [0.25, 0.3) is 0 Å². The summed E-state index contributed by atoms with van der Waals surface area (Å²) in [6, 6.07) is 0. The van der Waals surface area contributed by atoms with Crippen LogP contribution >= 0.6 is 0 Å². The third-order valence-corrected chi connectivity index (χ3v) is 2.23. The van der Waals surface area contributed by atoms with E-state index in [4.69, 9.17) is 0 Å². The van der Waals surface area contributed by atoms with Gasteiger partial charge in [0, 0.05) is 5.92 Å². The first-order chi connectivity index (χ1) is 5.68. The van der Waals surface area contributed by atoms with Gasteiger partial charge in [0.2, 0.25) is 0 Å². The van der Waals surface area contributed by atoms with Gasteiger partial charge in [0.05, 0.1) is 0 Å². The summed E-state index contributed by atoms with van der Waals surface area (Å²) in [5.41, 5.74) is 0. The Kier molecular flexibility index (Phi) is 7.12. The van der Waals surface area contributed by atoms with Crippen molar-refractivity contribution in [1.29, 1.82) is 0 Å². The van der Waals surface area contributed by atoms with Crippen LogP contribution in [0, 0.1) is 12.3 Å². The number of unbranched alkanes of at least 4 members (excludes halogenated alkanes) is 4. The molecule has 0 aliphatic rings. The minimum atomic E-state index is 0.228. The maximum atomic E-state index is 10.8. The molecule has 0 bridgehead atoms. The Morgan fingerprint density at radius 3 is 2.58 bits per heavy atom. The molecule has 0 rings (SSSR count). The van der Waals surface area contributed by atoms with Gasteiger partial charge in [-0.15, -0.1) is 0 Å². The standard InChI is InChI=1S/C11H21O/c1-4-5-6-7-8-9-10(2)11(3)12/h8,10H,4-7,9H2,1-3H3. The first-order valence-corrected chi connectivity index (χ1v) is 5.00. The molecular formula is C11H21O. The molecule has 0 saturated carbocycles. The Bertz CT molecular complexity index is 118. The van der Waals surface area contributed by atoms with E-state index in [-0.39, 0.29) is 5.92 Å². The fourth-order valence-corrected chi connectivity index (χ4v) is 1.07. The lowest BCUT2D eigenvalue weighted by molar-refractivity contribution is -0.120. The highest BCUT2D eigenvalue weighted by molar-refractivity contribution is 5.77. The second-order valence-electron chi connectivity index (χ2n) is 3.53. The molecule has 0 aliphatic heterocycles. The van der Waals surface area contributed by atoms with Crippen LogP contribution in [0.2, 0.25) is 0 Å². The van der Waals surface area contributed by atoms with Gasteiger partial charge in [-0.3, -0.25) is 4.79 Å². The van der Waals surface area contributed by atoms with Gasteiger partial charge in [0.1, 0.15) is 5.78 Å². The zero-order valence-corrected chi connectivity index (χ0v) is 8.60. The molecule has 0 heterocycles. The van der Waals surface area contributed by atoms with Crippen LogP contribution in [0.3, 0.4) is 0 Å². The lowest BCUT2D eigenvalue weighted by Crippen LogP contribution is -2.05. The molecule has 12 heavy (non-hydrogen) atoms. The summed E-state index contributed by atoms with van der Waals surface area (Å²) in [6.45, 7) is 5.88. The summed E-state index contributed by atoms with van der Waals surface area (Å²) in [6.07, 6.45) is 8.24. The predicted octanol–water partition coefficient (Wildman–Crippen LogP) is 3.39. The molecule has 0 aliphatic carbocycles. The Hall–Kier alpha value is -0.330. The molecule has 0 fully saturated rings. The molecule has 71 valence electrons. The second kappa shape index (κ2) is 7.33. The average molecular weight is 169 g/mol. The van der Waals surface area contributed by atoms with E-state index in [0.29, 0.717) is 5.78 Å². The largest absolute Gasteiger partial charge is 0.300 e. The molecule has 0 amide bonds. The van der Waals surface area contributed by atoms with Gasteiger partial charge in [-0.1, -0.05) is 39.5 Å². The number of carbonyl (C=O) groups is 1. The van der Waals surface area contributed by atoms with Crippen LogP contribution in [-0.4, -0.2) is 5.78 Å². The SMILES string of the molecule is CCCCC[CH]CC(C)C(C)=O. The van der Waals surface area contributed by atoms with Gasteiger partial charge >= 0.3 is 0 Å². The van der Waals surface area contributed by atoms with Crippen LogP contribution in [0.25, 0.3) is 0 Å². The van der Waals surface area contributed by atoms with Crippen molar-refractivity contribution in [2.45, 2.75) is 52.9 Å². The highest BCUT2D eigenvalue weighted by Crippen LogP contribution is 2.10. The van der Waals surface area contributed by atoms with E-state index in [9.17, 15) is 4.79 Å². The molecule has 1 radical (unpaired) electrons. The molecule has 0 aromatic rings. The number of ketones is 1. The van der Waals surface area contributed by atoms with Crippen LogP contribution < -0.4 is 0 Å². The fourth-order valence-electron chi connectivity index (χ4n) is 1.07. The van der Waals surface area contributed by atoms with E-state index in [1.165, 1.54) is 25.7 Å². The fraction of sp³-hybridized carbons (Fsp3) is 0.818. The Labute approximate surface area is 76.6 Å². The Morgan fingerprint density at radius 2 is 2.08 bits per heavy atom. The van der Waals surface area contributed by atoms with E-state index in [0.717, 1.165) is 6.42 Å².